The number of carboxylic acids is 1. The highest BCUT2D eigenvalue weighted by atomic mass is 35.5. The molecule has 1 unspecified atom stereocenters. The largest absolute Gasteiger partial charge is 0.487 e. The lowest BCUT2D eigenvalue weighted by Crippen LogP contribution is -2.56. The van der Waals surface area contributed by atoms with Gasteiger partial charge in [0.05, 0.1) is 18.1 Å². The molecule has 4 aliphatic rings. The first-order valence-corrected chi connectivity index (χ1v) is 15.3. The van der Waals surface area contributed by atoms with Gasteiger partial charge in [0.15, 0.2) is 0 Å². The van der Waals surface area contributed by atoms with Crippen molar-refractivity contribution in [2.45, 2.75) is 77.0 Å². The van der Waals surface area contributed by atoms with Gasteiger partial charge in [-0.3, -0.25) is 14.4 Å². The number of carboxylic acid groups (broad SMARTS) is 1. The molecule has 3 heterocycles. The summed E-state index contributed by atoms with van der Waals surface area (Å²) in [6, 6.07) is 2.51. The van der Waals surface area contributed by atoms with Crippen LogP contribution in [0.5, 0.6) is 5.75 Å². The van der Waals surface area contributed by atoms with Crippen LogP contribution in [0.1, 0.15) is 80.4 Å². The van der Waals surface area contributed by atoms with E-state index in [9.17, 15) is 33.4 Å². The van der Waals surface area contributed by atoms with Gasteiger partial charge < -0.3 is 24.7 Å². The number of aliphatic carboxylic acids is 1. The van der Waals surface area contributed by atoms with E-state index < -0.39 is 41.8 Å². The van der Waals surface area contributed by atoms with Crippen LogP contribution in [0.4, 0.5) is 8.78 Å². The van der Waals surface area contributed by atoms with E-state index in [-0.39, 0.29) is 48.8 Å². The third-order valence-corrected chi connectivity index (χ3v) is 10.6. The van der Waals surface area contributed by atoms with E-state index in [1.54, 1.807) is 21.9 Å². The zero-order valence-electron chi connectivity index (χ0n) is 24.6. The number of carbonyl (C=O) groups excluding carboxylic acids is 2. The summed E-state index contributed by atoms with van der Waals surface area (Å²) in [6.07, 6.45) is -0.263. The van der Waals surface area contributed by atoms with E-state index in [4.69, 9.17) is 16.3 Å². The van der Waals surface area contributed by atoms with Crippen LogP contribution in [0, 0.1) is 16.7 Å². The Labute approximate surface area is 258 Å². The first kappa shape index (κ1) is 30.7. The predicted molar refractivity (Wildman–Crippen MR) is 152 cm³/mol. The van der Waals surface area contributed by atoms with Gasteiger partial charge in [0.25, 0.3) is 6.43 Å². The second-order valence-electron chi connectivity index (χ2n) is 12.9. The third-order valence-electron chi connectivity index (χ3n) is 10.3. The van der Waals surface area contributed by atoms with Crippen molar-refractivity contribution in [3.05, 3.63) is 39.7 Å². The number of aryl methyl sites for hydroxylation is 1. The third kappa shape index (κ3) is 5.11. The van der Waals surface area contributed by atoms with E-state index >= 15 is 0 Å². The predicted octanol–water partition coefficient (Wildman–Crippen LogP) is 3.68. The highest BCUT2D eigenvalue weighted by Gasteiger charge is 2.56. The number of ether oxygens (including phenoxy) is 1. The van der Waals surface area contributed by atoms with Crippen LogP contribution < -0.4 is 4.74 Å². The van der Waals surface area contributed by atoms with Crippen molar-refractivity contribution in [2.75, 3.05) is 19.6 Å². The van der Waals surface area contributed by atoms with Crippen molar-refractivity contribution in [3.63, 3.8) is 0 Å². The molecule has 6 rings (SSSR count). The fraction of sp³-hybridized carbons (Fsp3) is 0.633. The minimum Gasteiger partial charge on any atom is -0.487 e. The van der Waals surface area contributed by atoms with Gasteiger partial charge in [0.2, 0.25) is 11.8 Å². The van der Waals surface area contributed by atoms with Gasteiger partial charge in [-0.05, 0) is 62.1 Å². The normalized spacial score (nSPS) is 27.6. The maximum atomic E-state index is 14.4. The number of carbonyl (C=O) groups is 3. The van der Waals surface area contributed by atoms with Crippen molar-refractivity contribution in [1.82, 2.24) is 24.8 Å². The lowest BCUT2D eigenvalue weighted by molar-refractivity contribution is -0.173. The van der Waals surface area contributed by atoms with Gasteiger partial charge in [0, 0.05) is 43.7 Å². The van der Waals surface area contributed by atoms with E-state index in [0.29, 0.717) is 54.1 Å². The number of likely N-dealkylation sites (tertiary alicyclic amines) is 1. The number of benzene rings is 1. The summed E-state index contributed by atoms with van der Waals surface area (Å²) in [5.74, 6) is -2.37. The Bertz CT molecular complexity index is 1500. The average molecular weight is 636 g/mol. The van der Waals surface area contributed by atoms with Crippen LogP contribution >= 0.6 is 11.6 Å². The quantitative estimate of drug-likeness (QED) is 0.448. The molecule has 1 spiro atoms. The van der Waals surface area contributed by atoms with Crippen molar-refractivity contribution in [1.29, 1.82) is 0 Å². The maximum Gasteiger partial charge on any atom is 0.312 e. The molecule has 1 saturated heterocycles. The molecule has 2 aliphatic heterocycles. The molecule has 4 atom stereocenters. The van der Waals surface area contributed by atoms with Crippen molar-refractivity contribution < 1.29 is 38.1 Å². The topological polar surface area (TPSA) is 138 Å². The van der Waals surface area contributed by atoms with Crippen LogP contribution in [0.25, 0.3) is 0 Å². The molecule has 0 radical (unpaired) electrons. The van der Waals surface area contributed by atoms with Gasteiger partial charge in [-0.1, -0.05) is 23.2 Å². The standard InChI is InChI=1S/C30H36ClF2N5O6/c1-29(28(42)43)17(4-3-5-22(29)39)27(41)38-11-8-16-18(31)6-7-21(44-14-19-25(26(32)33)36(2)35-34-19)24(16)20(38)13-37-15-30(9-10-30)12-23(37)40/h6-7,17,20,22,26,39H,3-5,8-15H2,1-2H3,(H,42,43)/t17-,20?,22+,29+/m0/s1. The fourth-order valence-electron chi connectivity index (χ4n) is 7.37. The molecule has 2 N–H and O–H groups in total. The molecule has 2 amide bonds. The number of halogens is 3. The summed E-state index contributed by atoms with van der Waals surface area (Å²) in [5.41, 5.74) is -0.869. The summed E-state index contributed by atoms with van der Waals surface area (Å²) in [7, 11) is 1.37. The highest BCUT2D eigenvalue weighted by Crippen LogP contribution is 2.54. The molecule has 2 saturated carbocycles. The number of aliphatic hydroxyl groups is 1. The van der Waals surface area contributed by atoms with Gasteiger partial charge in [-0.2, -0.15) is 0 Å². The lowest BCUT2D eigenvalue weighted by atomic mass is 9.64. The number of alkyl halides is 2. The molecule has 1 aromatic heterocycles. The number of aliphatic hydroxyl groups excluding tert-OH is 1. The first-order chi connectivity index (χ1) is 20.9. The molecule has 14 heteroatoms. The summed E-state index contributed by atoms with van der Waals surface area (Å²) >= 11 is 6.67. The Morgan fingerprint density at radius 3 is 2.66 bits per heavy atom. The number of amides is 2. The Balaban J connectivity index is 1.39. The van der Waals surface area contributed by atoms with E-state index in [2.05, 4.69) is 10.3 Å². The number of nitrogens with zero attached hydrogens (tertiary/aromatic N) is 5. The van der Waals surface area contributed by atoms with Gasteiger partial charge in [-0.25, -0.2) is 13.5 Å². The lowest BCUT2D eigenvalue weighted by Gasteiger charge is -2.46. The van der Waals surface area contributed by atoms with E-state index in [1.807, 2.05) is 0 Å². The van der Waals surface area contributed by atoms with Crippen molar-refractivity contribution in [2.24, 2.45) is 23.8 Å². The molecule has 2 aliphatic carbocycles. The second kappa shape index (κ2) is 11.2. The van der Waals surface area contributed by atoms with Crippen LogP contribution in [0.2, 0.25) is 5.02 Å². The molecular formula is C30H36ClF2N5O6. The number of fused-ring (bicyclic) bond motifs is 1. The molecule has 11 nitrogen and oxygen atoms in total. The Kier molecular flexibility index (Phi) is 7.84. The van der Waals surface area contributed by atoms with E-state index in [0.717, 1.165) is 17.5 Å². The minimum atomic E-state index is -2.82. The number of hydrogen-bond acceptors (Lipinski definition) is 7. The highest BCUT2D eigenvalue weighted by molar-refractivity contribution is 6.31. The number of rotatable bonds is 8. The van der Waals surface area contributed by atoms with Gasteiger partial charge >= 0.3 is 5.97 Å². The minimum absolute atomic E-state index is 0.0175. The van der Waals surface area contributed by atoms with E-state index in [1.165, 1.54) is 14.0 Å². The summed E-state index contributed by atoms with van der Waals surface area (Å²) in [6.45, 7) is 2.02. The van der Waals surface area contributed by atoms with Crippen LogP contribution in [-0.2, 0) is 34.5 Å². The Hall–Kier alpha value is -3.32. The maximum absolute atomic E-state index is 14.4. The molecule has 0 bridgehead atoms. The molecule has 1 aromatic carbocycles. The zero-order chi connectivity index (χ0) is 31.6. The monoisotopic (exact) mass is 635 g/mol. The molecule has 44 heavy (non-hydrogen) atoms. The first-order valence-electron chi connectivity index (χ1n) is 15.0. The summed E-state index contributed by atoms with van der Waals surface area (Å²) in [5, 5.41) is 28.9. The van der Waals surface area contributed by atoms with Crippen LogP contribution in [0.15, 0.2) is 12.1 Å². The number of hydrogen-bond donors (Lipinski definition) is 2. The second-order valence-corrected chi connectivity index (χ2v) is 13.3. The van der Waals surface area contributed by atoms with Crippen LogP contribution in [0.3, 0.4) is 0 Å². The summed E-state index contributed by atoms with van der Waals surface area (Å²) < 4.78 is 34.5. The molecule has 2 aromatic rings. The summed E-state index contributed by atoms with van der Waals surface area (Å²) in [4.78, 5) is 43.4. The molecule has 238 valence electrons. The average Bonchev–Trinajstić information content (AvgIpc) is 3.51. The number of aromatic nitrogens is 3. The van der Waals surface area contributed by atoms with Gasteiger partial charge in [0.1, 0.15) is 29.2 Å². The fourth-order valence-corrected chi connectivity index (χ4v) is 7.63. The van der Waals surface area contributed by atoms with Crippen molar-refractivity contribution >= 4 is 29.4 Å². The zero-order valence-corrected chi connectivity index (χ0v) is 25.4. The van der Waals surface area contributed by atoms with Gasteiger partial charge in [-0.15, -0.1) is 5.10 Å². The van der Waals surface area contributed by atoms with Crippen LogP contribution in [-0.4, -0.2) is 78.5 Å². The Morgan fingerprint density at radius 1 is 1.25 bits per heavy atom. The molecule has 3 fully saturated rings. The molecular weight excluding hydrogens is 600 g/mol. The Morgan fingerprint density at radius 2 is 2.00 bits per heavy atom. The van der Waals surface area contributed by atoms with Crippen molar-refractivity contribution in [3.8, 4) is 5.75 Å². The smallest absolute Gasteiger partial charge is 0.312 e. The SMILES string of the molecule is Cn1nnc(COc2ccc(Cl)c3c2C(CN2CC4(CC4)CC2=O)N(C(=O)[C@@H]2CCC[C@@H](O)[C@]2(C)C(=O)O)CC3)c1C(F)F.